The molecule has 26 heavy (non-hydrogen) atoms. The van der Waals surface area contributed by atoms with E-state index in [2.05, 4.69) is 21.2 Å². The highest BCUT2D eigenvalue weighted by atomic mass is 79.9. The van der Waals surface area contributed by atoms with Crippen molar-refractivity contribution in [1.29, 1.82) is 0 Å². The molecule has 0 radical (unpaired) electrons. The molecule has 1 aromatic carbocycles. The maximum atomic E-state index is 13.2. The van der Waals surface area contributed by atoms with Crippen molar-refractivity contribution in [2.24, 2.45) is 28.9 Å². The van der Waals surface area contributed by atoms with Gasteiger partial charge in [0.1, 0.15) is 6.04 Å². The molecule has 1 atom stereocenters. The van der Waals surface area contributed by atoms with E-state index in [9.17, 15) is 9.59 Å². The molecule has 0 saturated heterocycles. The molecule has 3 N–H and O–H groups in total. The quantitative estimate of drug-likeness (QED) is 0.732. The Morgan fingerprint density at radius 3 is 2.31 bits per heavy atom. The van der Waals surface area contributed by atoms with Crippen molar-refractivity contribution in [3.8, 4) is 0 Å². The Hall–Kier alpha value is -1.07. The van der Waals surface area contributed by atoms with Gasteiger partial charge >= 0.3 is 0 Å². The summed E-state index contributed by atoms with van der Waals surface area (Å²) in [6.45, 7) is 0. The van der Waals surface area contributed by atoms with E-state index >= 15 is 0 Å². The normalized spacial score (nSPS) is 33.1. The van der Waals surface area contributed by atoms with Crippen LogP contribution in [0.5, 0.6) is 0 Å². The van der Waals surface area contributed by atoms with Crippen LogP contribution in [0.15, 0.2) is 22.7 Å². The van der Waals surface area contributed by atoms with E-state index in [1.54, 1.807) is 12.1 Å². The predicted molar refractivity (Wildman–Crippen MR) is 105 cm³/mol. The van der Waals surface area contributed by atoms with Gasteiger partial charge in [-0.25, -0.2) is 0 Å². The van der Waals surface area contributed by atoms with Gasteiger partial charge in [0.15, 0.2) is 0 Å². The fraction of sp³-hybridized carbons (Fsp3) is 0.600. The minimum atomic E-state index is -0.717. The standard InChI is InChI=1S/C20H24BrClN2O2/c21-16-2-1-15(22)6-14(16)7-17(18(23)25)24-19(26)20-8-11-3-12(9-20)5-13(4-11)10-20/h1-2,6,11-13,17H,3-5,7-10H2,(H2,23,25)(H,24,26)/t11?,12?,13?,17-,20?/m1/s1. The molecule has 4 fully saturated rings. The van der Waals surface area contributed by atoms with Gasteiger partial charge in [-0.2, -0.15) is 0 Å². The molecule has 6 heteroatoms. The van der Waals surface area contributed by atoms with E-state index in [-0.39, 0.29) is 11.3 Å². The van der Waals surface area contributed by atoms with E-state index in [1.165, 1.54) is 19.3 Å². The molecule has 0 spiro atoms. The zero-order chi connectivity index (χ0) is 18.5. The Balaban J connectivity index is 1.51. The second-order valence-electron chi connectivity index (χ2n) is 8.57. The van der Waals surface area contributed by atoms with Gasteiger partial charge in [-0.3, -0.25) is 9.59 Å². The van der Waals surface area contributed by atoms with E-state index in [0.29, 0.717) is 29.2 Å². The number of carbonyl (C=O) groups is 2. The third-order valence-corrected chi connectivity index (χ3v) is 7.61. The zero-order valence-electron chi connectivity index (χ0n) is 14.6. The average molecular weight is 440 g/mol. The molecule has 0 aliphatic heterocycles. The first-order valence-corrected chi connectivity index (χ1v) is 10.6. The molecular weight excluding hydrogens is 416 g/mol. The highest BCUT2D eigenvalue weighted by molar-refractivity contribution is 9.10. The van der Waals surface area contributed by atoms with Gasteiger partial charge < -0.3 is 11.1 Å². The Morgan fingerprint density at radius 1 is 1.19 bits per heavy atom. The number of hydrogen-bond acceptors (Lipinski definition) is 2. The number of benzene rings is 1. The first-order valence-electron chi connectivity index (χ1n) is 9.39. The van der Waals surface area contributed by atoms with Crippen molar-refractivity contribution in [3.05, 3.63) is 33.3 Å². The summed E-state index contributed by atoms with van der Waals surface area (Å²) >= 11 is 9.55. The summed E-state index contributed by atoms with van der Waals surface area (Å²) in [4.78, 5) is 25.2. The largest absolute Gasteiger partial charge is 0.368 e. The second kappa shape index (κ2) is 6.83. The van der Waals surface area contributed by atoms with Crippen molar-refractivity contribution >= 4 is 39.3 Å². The van der Waals surface area contributed by atoms with Gasteiger partial charge in [-0.05, 0) is 80.0 Å². The fourth-order valence-corrected chi connectivity index (χ4v) is 6.45. The number of halogens is 2. The lowest BCUT2D eigenvalue weighted by Crippen LogP contribution is -2.57. The smallest absolute Gasteiger partial charge is 0.240 e. The first kappa shape index (κ1) is 18.3. The molecule has 0 unspecified atom stereocenters. The van der Waals surface area contributed by atoms with E-state index in [1.807, 2.05) is 6.07 Å². The molecule has 4 saturated carbocycles. The summed E-state index contributed by atoms with van der Waals surface area (Å²) in [7, 11) is 0. The monoisotopic (exact) mass is 438 g/mol. The Kier molecular flexibility index (Phi) is 4.81. The van der Waals surface area contributed by atoms with Crippen molar-refractivity contribution < 1.29 is 9.59 Å². The summed E-state index contributed by atoms with van der Waals surface area (Å²) < 4.78 is 0.859. The number of rotatable bonds is 5. The lowest BCUT2D eigenvalue weighted by Gasteiger charge is -2.55. The Labute approximate surface area is 167 Å². The van der Waals surface area contributed by atoms with Crippen molar-refractivity contribution in [3.63, 3.8) is 0 Å². The van der Waals surface area contributed by atoms with Crippen LogP contribution >= 0.6 is 27.5 Å². The molecule has 140 valence electrons. The number of hydrogen-bond donors (Lipinski definition) is 2. The SMILES string of the molecule is NC(=O)[C@@H](Cc1cc(Cl)ccc1Br)NC(=O)C12CC3CC(CC(C3)C1)C2. The molecular formula is C20H24BrClN2O2. The number of nitrogens with one attached hydrogen (secondary N) is 1. The second-order valence-corrected chi connectivity index (χ2v) is 9.86. The number of carbonyl (C=O) groups excluding carboxylic acids is 2. The van der Waals surface area contributed by atoms with Gasteiger partial charge in [-0.1, -0.05) is 27.5 Å². The van der Waals surface area contributed by atoms with Crippen molar-refractivity contribution in [2.45, 2.75) is 51.0 Å². The van der Waals surface area contributed by atoms with Crippen LogP contribution < -0.4 is 11.1 Å². The lowest BCUT2D eigenvalue weighted by atomic mass is 9.49. The molecule has 0 aromatic heterocycles. The van der Waals surface area contributed by atoms with Crippen LogP contribution in [0.3, 0.4) is 0 Å². The minimum absolute atomic E-state index is 0.0264. The molecule has 2 amide bonds. The summed E-state index contributed by atoms with van der Waals surface area (Å²) in [6, 6.07) is 4.71. The van der Waals surface area contributed by atoms with Crippen LogP contribution in [-0.2, 0) is 16.0 Å². The van der Waals surface area contributed by atoms with E-state index in [4.69, 9.17) is 17.3 Å². The summed E-state index contributed by atoms with van der Waals surface area (Å²) in [5.74, 6) is 1.57. The maximum Gasteiger partial charge on any atom is 0.240 e. The molecule has 4 aliphatic carbocycles. The van der Waals surface area contributed by atoms with E-state index < -0.39 is 11.9 Å². The molecule has 0 heterocycles. The van der Waals surface area contributed by atoms with Gasteiger partial charge in [0.25, 0.3) is 0 Å². The minimum Gasteiger partial charge on any atom is -0.368 e. The number of primary amides is 1. The van der Waals surface area contributed by atoms with E-state index in [0.717, 1.165) is 29.3 Å². The average Bonchev–Trinajstić information content (AvgIpc) is 2.56. The Morgan fingerprint density at radius 2 is 1.77 bits per heavy atom. The zero-order valence-corrected chi connectivity index (χ0v) is 17.0. The first-order chi connectivity index (χ1) is 12.3. The van der Waals surface area contributed by atoms with Crippen LogP contribution in [-0.4, -0.2) is 17.9 Å². The van der Waals surface area contributed by atoms with Crippen LogP contribution in [0.4, 0.5) is 0 Å². The predicted octanol–water partition coefficient (Wildman–Crippen LogP) is 3.83. The van der Waals surface area contributed by atoms with Gasteiger partial charge in [0.05, 0.1) is 0 Å². The highest BCUT2D eigenvalue weighted by Crippen LogP contribution is 2.60. The summed E-state index contributed by atoms with van der Waals surface area (Å²) in [5, 5.41) is 3.59. The van der Waals surface area contributed by atoms with Crippen LogP contribution in [0, 0.1) is 23.2 Å². The summed E-state index contributed by atoms with van der Waals surface area (Å²) in [6.07, 6.45) is 7.09. The topological polar surface area (TPSA) is 72.2 Å². The van der Waals surface area contributed by atoms with Gasteiger partial charge in [0, 0.05) is 21.3 Å². The summed E-state index contributed by atoms with van der Waals surface area (Å²) in [5.41, 5.74) is 6.19. The lowest BCUT2D eigenvalue weighted by molar-refractivity contribution is -0.148. The Bertz CT molecular complexity index is 716. The van der Waals surface area contributed by atoms with Crippen LogP contribution in [0.25, 0.3) is 0 Å². The van der Waals surface area contributed by atoms with Crippen molar-refractivity contribution in [2.75, 3.05) is 0 Å². The fourth-order valence-electron chi connectivity index (χ4n) is 5.84. The van der Waals surface area contributed by atoms with Gasteiger partial charge in [-0.15, -0.1) is 0 Å². The molecule has 1 aromatic rings. The van der Waals surface area contributed by atoms with Crippen molar-refractivity contribution in [1.82, 2.24) is 5.32 Å². The maximum absolute atomic E-state index is 13.2. The molecule has 4 bridgehead atoms. The van der Waals surface area contributed by atoms with Crippen LogP contribution in [0.2, 0.25) is 5.02 Å². The molecule has 4 aliphatic rings. The molecule has 5 rings (SSSR count). The highest BCUT2D eigenvalue weighted by Gasteiger charge is 2.54. The molecule has 4 nitrogen and oxygen atoms in total. The number of amides is 2. The third kappa shape index (κ3) is 3.40. The van der Waals surface area contributed by atoms with Crippen LogP contribution in [0.1, 0.15) is 44.1 Å². The van der Waals surface area contributed by atoms with Gasteiger partial charge in [0.2, 0.25) is 11.8 Å². The number of nitrogens with two attached hydrogens (primary N) is 1. The third-order valence-electron chi connectivity index (χ3n) is 6.60.